The van der Waals surface area contributed by atoms with Gasteiger partial charge in [0.2, 0.25) is 0 Å². The summed E-state index contributed by atoms with van der Waals surface area (Å²) in [5.74, 6) is 1.67. The van der Waals surface area contributed by atoms with E-state index in [1.165, 1.54) is 253 Å². The van der Waals surface area contributed by atoms with Crippen LogP contribution in [0, 0.1) is 37.5 Å². The monoisotopic (exact) mass is 1710 g/mol. The minimum absolute atomic E-state index is 0.199. The average Bonchev–Trinajstić information content (AvgIpc) is 1.55. The van der Waals surface area contributed by atoms with Gasteiger partial charge in [-0.3, -0.25) is 0 Å². The Morgan fingerprint density at radius 3 is 1.08 bits per heavy atom. The van der Waals surface area contributed by atoms with E-state index < -0.39 is 0 Å². The third-order valence-corrected chi connectivity index (χ3v) is 37.8. The number of hydrogen-bond acceptors (Lipinski definition) is 16. The van der Waals surface area contributed by atoms with Gasteiger partial charge >= 0.3 is 11.9 Å². The summed E-state index contributed by atoms with van der Waals surface area (Å²) < 4.78 is 20.4. The van der Waals surface area contributed by atoms with Crippen LogP contribution in [0.5, 0.6) is 0 Å². The zero-order valence-corrected chi connectivity index (χ0v) is 77.9. The van der Waals surface area contributed by atoms with Gasteiger partial charge in [-0.2, -0.15) is 0 Å². The van der Waals surface area contributed by atoms with Gasteiger partial charge in [0.05, 0.1) is 37.2 Å². The molecule has 2 aromatic carbocycles. The largest absolute Gasteiger partial charge is 0.461 e. The van der Waals surface area contributed by atoms with Crippen molar-refractivity contribution in [3.05, 3.63) is 124 Å². The van der Waals surface area contributed by atoms with Gasteiger partial charge in [-0.25, -0.2) is 9.59 Å². The van der Waals surface area contributed by atoms with Crippen molar-refractivity contribution in [2.45, 2.75) is 263 Å². The molecule has 4 unspecified atom stereocenters. The van der Waals surface area contributed by atoms with Crippen molar-refractivity contribution in [3.63, 3.8) is 0 Å². The normalized spacial score (nSPS) is 13.3. The molecule has 594 valence electrons. The molecule has 4 nitrogen and oxygen atoms in total. The summed E-state index contributed by atoms with van der Waals surface area (Å²) in [5.41, 5.74) is 5.41. The van der Waals surface area contributed by atoms with Gasteiger partial charge in [-0.05, 0) is 174 Å². The van der Waals surface area contributed by atoms with Crippen LogP contribution in [0.1, 0.15) is 272 Å². The number of ether oxygens (including phenoxy) is 2. The summed E-state index contributed by atoms with van der Waals surface area (Å²) in [6.07, 6.45) is 33.0. The second-order valence-electron chi connectivity index (χ2n) is 31.6. The second kappa shape index (κ2) is 39.3. The molecule has 14 rings (SSSR count). The number of aryl methyl sites for hydroxylation is 4. The summed E-state index contributed by atoms with van der Waals surface area (Å²) in [5, 5.41) is 7.62. The maximum Gasteiger partial charge on any atom is 0.348 e. The van der Waals surface area contributed by atoms with Crippen molar-refractivity contribution in [1.29, 1.82) is 0 Å². The lowest BCUT2D eigenvalue weighted by Crippen LogP contribution is -2.13. The van der Waals surface area contributed by atoms with E-state index >= 15 is 4.79 Å². The fraction of sp³-hybridized carbons (Fsp3) is 0.479. The average molecular weight is 1720 g/mol. The highest BCUT2D eigenvalue weighted by atomic mass is 32.1. The van der Waals surface area contributed by atoms with Crippen molar-refractivity contribution < 1.29 is 19.1 Å². The molecule has 0 aliphatic heterocycles. The smallest absolute Gasteiger partial charge is 0.348 e. The maximum absolute atomic E-state index is 15.0. The van der Waals surface area contributed by atoms with Crippen LogP contribution in [-0.2, 0) is 35.2 Å². The van der Waals surface area contributed by atoms with Crippen molar-refractivity contribution in [1.82, 2.24) is 0 Å². The van der Waals surface area contributed by atoms with Crippen molar-refractivity contribution in [2.24, 2.45) is 23.7 Å². The Bertz CT molecular complexity index is 5260. The molecule has 0 saturated carbocycles. The van der Waals surface area contributed by atoms with Crippen LogP contribution < -0.4 is 0 Å². The molecule has 0 N–H and O–H groups in total. The Morgan fingerprint density at radius 2 is 0.661 bits per heavy atom. The third-order valence-electron chi connectivity index (χ3n) is 23.3. The predicted octanol–water partition coefficient (Wildman–Crippen LogP) is 36.1. The first kappa shape index (κ1) is 83.8. The number of carbonyl (C=O) groups is 2. The zero-order valence-electron chi connectivity index (χ0n) is 68.1. The van der Waals surface area contributed by atoms with E-state index in [1.807, 2.05) is 113 Å². The molecule has 12 aromatic heterocycles. The first-order chi connectivity index (χ1) is 54.7. The van der Waals surface area contributed by atoms with E-state index in [4.69, 9.17) is 9.47 Å². The molecule has 16 heteroatoms. The van der Waals surface area contributed by atoms with Crippen LogP contribution in [0.4, 0.5) is 0 Å². The van der Waals surface area contributed by atoms with E-state index in [9.17, 15) is 4.79 Å². The van der Waals surface area contributed by atoms with E-state index in [1.54, 1.807) is 22.7 Å². The molecule has 4 atom stereocenters. The van der Waals surface area contributed by atoms with Crippen LogP contribution >= 0.6 is 136 Å². The Morgan fingerprint density at radius 1 is 0.304 bits per heavy atom. The van der Waals surface area contributed by atoms with Gasteiger partial charge in [-0.1, -0.05) is 198 Å². The quantitative estimate of drug-likeness (QED) is 0.0282. The van der Waals surface area contributed by atoms with Gasteiger partial charge in [0.25, 0.3) is 0 Å². The number of unbranched alkanes of at least 4 members (excludes halogenated alkanes) is 10. The number of thiophene rings is 12. The molecule has 112 heavy (non-hydrogen) atoms. The first-order valence-electron chi connectivity index (χ1n) is 42.5. The SMILES string of the molecule is CCCCCCc1ccc(-c2c3cc(-c4sc(-c5cc6c(-c7ccc(CC(CC)CCCC)s7)c7sc(C)cc7c(-c7ccc(CC(CC)CCCC)s7)c6s5)c5cc(C(=O)OCC(CC)CCCC)sc45)sc3c(-c3ccc(CCCCCC)s3)c3cc(-c4sc(C)c5cc(C(=O)OCC(CC)CCCC)sc45)sc23)s1. The Labute approximate surface area is 715 Å². The highest BCUT2D eigenvalue weighted by molar-refractivity contribution is 7.36. The van der Waals surface area contributed by atoms with Gasteiger partial charge in [0, 0.05) is 137 Å². The molecule has 0 spiro atoms. The zero-order chi connectivity index (χ0) is 78.1. The van der Waals surface area contributed by atoms with E-state index in [-0.39, 0.29) is 11.9 Å². The lowest BCUT2D eigenvalue weighted by molar-refractivity contribution is 0.0425. The fourth-order valence-electron chi connectivity index (χ4n) is 16.5. The van der Waals surface area contributed by atoms with Crippen molar-refractivity contribution >= 4 is 208 Å². The van der Waals surface area contributed by atoms with Gasteiger partial charge in [-0.15, -0.1) is 136 Å². The molecule has 14 aromatic rings. The highest BCUT2D eigenvalue weighted by Crippen LogP contribution is 2.61. The summed E-state index contributed by atoms with van der Waals surface area (Å²) in [6, 6.07) is 34.1. The molecule has 0 bridgehead atoms. The number of fused-ring (bicyclic) bond motifs is 6. The van der Waals surface area contributed by atoms with Crippen LogP contribution in [0.25, 0.3) is 132 Å². The molecule has 0 aliphatic rings. The molecular weight excluding hydrogens is 1600 g/mol. The van der Waals surface area contributed by atoms with Gasteiger partial charge in [0.15, 0.2) is 0 Å². The molecule has 0 fully saturated rings. The first-order valence-corrected chi connectivity index (χ1v) is 52.3. The van der Waals surface area contributed by atoms with E-state index in [2.05, 4.69) is 168 Å². The number of esters is 2. The second-order valence-corrected chi connectivity index (χ2v) is 45.0. The van der Waals surface area contributed by atoms with E-state index in [0.29, 0.717) is 46.6 Å². The number of rotatable bonds is 43. The summed E-state index contributed by atoms with van der Waals surface area (Å²) >= 11 is 23.0. The van der Waals surface area contributed by atoms with E-state index in [0.717, 1.165) is 87.8 Å². The maximum atomic E-state index is 15.0. The molecule has 0 aliphatic carbocycles. The lowest BCUT2D eigenvalue weighted by atomic mass is 9.95. The lowest BCUT2D eigenvalue weighted by Gasteiger charge is -2.14. The third kappa shape index (κ3) is 18.4. The van der Waals surface area contributed by atoms with Crippen LogP contribution in [0.15, 0.2) is 84.9 Å². The minimum Gasteiger partial charge on any atom is -0.461 e. The molecule has 0 amide bonds. The molecule has 12 heterocycles. The minimum atomic E-state index is -0.209. The Balaban J connectivity index is 0.986. The Kier molecular flexibility index (Phi) is 29.4. The van der Waals surface area contributed by atoms with Gasteiger partial charge in [0.1, 0.15) is 9.75 Å². The fourth-order valence-corrected chi connectivity index (χ4v) is 31.5. The molecule has 0 saturated heterocycles. The number of carbonyl (C=O) groups excluding carboxylic acids is 2. The summed E-state index contributed by atoms with van der Waals surface area (Å²) in [4.78, 5) is 51.8. The van der Waals surface area contributed by atoms with Crippen LogP contribution in [0.3, 0.4) is 0 Å². The van der Waals surface area contributed by atoms with Crippen molar-refractivity contribution in [2.75, 3.05) is 13.2 Å². The van der Waals surface area contributed by atoms with Crippen LogP contribution in [0.2, 0.25) is 0 Å². The standard InChI is InChI=1S/C96H114O4S12/c1-13-23-29-31-37-63-39-43-73(103-63)84-70-52-78(93-91-67(58(12)102-93)50-80(110-91)95(97)99-55-61(21-9)35-27-17-5)108-89(70)85(74-44-40-64(104-74)38-32-30-24-14-2)71-53-79(109-90(71)84)94-92-72(54-81(111-92)96(98)100-56-62(22-10)36-28-18-6)86(112-94)77-51-69-83(76-46-42-66(106-76)49-60(20-8)34-26-16-4)87-68(47-57(11)101-87)82(88(69)107-77)75-45-41-65(105-75)48-59(19-7)33-25-15-3/h39-47,50-54,59-62H,13-38,48-49,55-56H2,1-12H3. The van der Waals surface area contributed by atoms with Crippen molar-refractivity contribution in [3.8, 4) is 71.0 Å². The highest BCUT2D eigenvalue weighted by Gasteiger charge is 2.32. The number of benzene rings is 2. The summed E-state index contributed by atoms with van der Waals surface area (Å²) in [6.45, 7) is 28.5. The molecular formula is C96H114O4S12. The predicted molar refractivity (Wildman–Crippen MR) is 510 cm³/mol. The van der Waals surface area contributed by atoms with Crippen LogP contribution in [-0.4, -0.2) is 25.2 Å². The number of hydrogen-bond donors (Lipinski definition) is 0. The Hall–Kier alpha value is -4.66. The summed E-state index contributed by atoms with van der Waals surface area (Å²) in [7, 11) is 0. The molecule has 0 radical (unpaired) electrons. The topological polar surface area (TPSA) is 52.6 Å². The van der Waals surface area contributed by atoms with Gasteiger partial charge < -0.3 is 9.47 Å².